The van der Waals surface area contributed by atoms with Crippen LogP contribution in [-0.4, -0.2) is 18.4 Å². The van der Waals surface area contributed by atoms with E-state index in [0.29, 0.717) is 18.0 Å². The Labute approximate surface area is 148 Å². The van der Waals surface area contributed by atoms with Crippen LogP contribution in [0.15, 0.2) is 42.5 Å². The van der Waals surface area contributed by atoms with Gasteiger partial charge < -0.3 is 15.4 Å². The number of benzene rings is 2. The number of aryl methyl sites for hydroxylation is 2. The number of nitrogens with one attached hydrogen (secondary N) is 2. The molecule has 2 aromatic rings. The van der Waals surface area contributed by atoms with E-state index in [2.05, 4.69) is 10.6 Å². The summed E-state index contributed by atoms with van der Waals surface area (Å²) in [5, 5.41) is 5.37. The van der Waals surface area contributed by atoms with Gasteiger partial charge in [0, 0.05) is 11.3 Å². The van der Waals surface area contributed by atoms with E-state index in [1.165, 1.54) is 0 Å². The third-order valence-corrected chi connectivity index (χ3v) is 3.88. The van der Waals surface area contributed by atoms with Gasteiger partial charge in [0.25, 0.3) is 0 Å². The molecule has 0 saturated carbocycles. The Morgan fingerprint density at radius 1 is 1.08 bits per heavy atom. The molecule has 2 N–H and O–H groups in total. The molecule has 5 nitrogen and oxygen atoms in total. The summed E-state index contributed by atoms with van der Waals surface area (Å²) in [5.41, 5.74) is 3.43. The van der Waals surface area contributed by atoms with Crippen LogP contribution in [0.5, 0.6) is 5.75 Å². The van der Waals surface area contributed by atoms with Crippen LogP contribution in [-0.2, 0) is 9.59 Å². The summed E-state index contributed by atoms with van der Waals surface area (Å²) >= 11 is 0. The van der Waals surface area contributed by atoms with Crippen molar-refractivity contribution in [3.8, 4) is 5.75 Å². The van der Waals surface area contributed by atoms with E-state index in [4.69, 9.17) is 4.74 Å². The fraction of sp³-hybridized carbons (Fsp3) is 0.300. The lowest BCUT2D eigenvalue weighted by Gasteiger charge is -2.18. The lowest BCUT2D eigenvalue weighted by Crippen LogP contribution is -2.37. The van der Waals surface area contributed by atoms with E-state index in [1.807, 2.05) is 64.1 Å². The second-order valence-corrected chi connectivity index (χ2v) is 5.94. The summed E-state index contributed by atoms with van der Waals surface area (Å²) in [7, 11) is 0. The molecule has 1 unspecified atom stereocenters. The molecular formula is C20H24N2O3. The van der Waals surface area contributed by atoms with Gasteiger partial charge in [-0.2, -0.15) is 0 Å². The maximum Gasteiger partial charge on any atom is 0.313 e. The first-order valence-electron chi connectivity index (χ1n) is 8.33. The Balaban J connectivity index is 2.08. The van der Waals surface area contributed by atoms with E-state index in [1.54, 1.807) is 6.07 Å². The van der Waals surface area contributed by atoms with Gasteiger partial charge in [-0.3, -0.25) is 9.59 Å². The van der Waals surface area contributed by atoms with Crippen LogP contribution in [0.3, 0.4) is 0 Å². The van der Waals surface area contributed by atoms with Gasteiger partial charge in [0.05, 0.1) is 12.6 Å². The van der Waals surface area contributed by atoms with Crippen molar-refractivity contribution in [3.05, 3.63) is 59.2 Å². The molecule has 0 aliphatic heterocycles. The lowest BCUT2D eigenvalue weighted by atomic mass is 10.0. The summed E-state index contributed by atoms with van der Waals surface area (Å²) in [4.78, 5) is 24.4. The monoisotopic (exact) mass is 340 g/mol. The van der Waals surface area contributed by atoms with Gasteiger partial charge in [0.1, 0.15) is 5.75 Å². The Hall–Kier alpha value is -2.82. The van der Waals surface area contributed by atoms with Gasteiger partial charge in [-0.05, 0) is 45.4 Å². The summed E-state index contributed by atoms with van der Waals surface area (Å²) in [6.07, 6.45) is 0. The zero-order chi connectivity index (χ0) is 18.4. The van der Waals surface area contributed by atoms with Crippen molar-refractivity contribution < 1.29 is 14.3 Å². The first-order chi connectivity index (χ1) is 11.9. The van der Waals surface area contributed by atoms with Crippen molar-refractivity contribution in [1.29, 1.82) is 0 Å². The van der Waals surface area contributed by atoms with Crippen LogP contribution in [0.2, 0.25) is 0 Å². The van der Waals surface area contributed by atoms with Crippen molar-refractivity contribution in [3.63, 3.8) is 0 Å². The van der Waals surface area contributed by atoms with Crippen molar-refractivity contribution in [2.24, 2.45) is 0 Å². The highest BCUT2D eigenvalue weighted by Gasteiger charge is 2.20. The van der Waals surface area contributed by atoms with Crippen molar-refractivity contribution in [2.45, 2.75) is 33.7 Å². The molecule has 132 valence electrons. The topological polar surface area (TPSA) is 67.4 Å². The quantitative estimate of drug-likeness (QED) is 0.819. The van der Waals surface area contributed by atoms with Crippen molar-refractivity contribution in [1.82, 2.24) is 5.32 Å². The van der Waals surface area contributed by atoms with Crippen LogP contribution < -0.4 is 15.4 Å². The van der Waals surface area contributed by atoms with Gasteiger partial charge in [0.2, 0.25) is 0 Å². The fourth-order valence-corrected chi connectivity index (χ4v) is 2.53. The number of ether oxygens (including phenoxy) is 1. The molecule has 1 atom stereocenters. The average Bonchev–Trinajstić information content (AvgIpc) is 2.58. The van der Waals surface area contributed by atoms with Crippen molar-refractivity contribution in [2.75, 3.05) is 11.9 Å². The molecule has 0 aromatic heterocycles. The third kappa shape index (κ3) is 4.83. The molecular weight excluding hydrogens is 316 g/mol. The Kier molecular flexibility index (Phi) is 6.17. The molecule has 0 spiro atoms. The lowest BCUT2D eigenvalue weighted by molar-refractivity contribution is -0.136. The van der Waals surface area contributed by atoms with E-state index in [0.717, 1.165) is 16.7 Å². The zero-order valence-electron chi connectivity index (χ0n) is 15.1. The normalized spacial score (nSPS) is 11.5. The van der Waals surface area contributed by atoms with Crippen LogP contribution in [0.1, 0.15) is 36.6 Å². The van der Waals surface area contributed by atoms with Crippen LogP contribution in [0.4, 0.5) is 5.69 Å². The highest BCUT2D eigenvalue weighted by atomic mass is 16.5. The Bertz CT molecular complexity index is 771. The average molecular weight is 340 g/mol. The maximum atomic E-state index is 12.2. The highest BCUT2D eigenvalue weighted by molar-refractivity contribution is 6.39. The SMILES string of the molecule is CCOc1ccc(C)cc1C(C)NC(=O)C(=O)Nc1ccccc1C. The minimum Gasteiger partial charge on any atom is -0.494 e. The molecule has 0 bridgehead atoms. The summed E-state index contributed by atoms with van der Waals surface area (Å²) < 4.78 is 5.61. The summed E-state index contributed by atoms with van der Waals surface area (Å²) in [6.45, 7) is 8.11. The minimum absolute atomic E-state index is 0.350. The van der Waals surface area contributed by atoms with Crippen molar-refractivity contribution >= 4 is 17.5 Å². The fourth-order valence-electron chi connectivity index (χ4n) is 2.53. The van der Waals surface area contributed by atoms with Gasteiger partial charge in [-0.1, -0.05) is 35.9 Å². The Morgan fingerprint density at radius 2 is 1.80 bits per heavy atom. The molecule has 2 amide bonds. The second kappa shape index (κ2) is 8.33. The van der Waals surface area contributed by atoms with Gasteiger partial charge in [-0.25, -0.2) is 0 Å². The van der Waals surface area contributed by atoms with Gasteiger partial charge >= 0.3 is 11.8 Å². The maximum absolute atomic E-state index is 12.2. The zero-order valence-corrected chi connectivity index (χ0v) is 15.1. The number of para-hydroxylation sites is 1. The number of anilines is 1. The molecule has 0 radical (unpaired) electrons. The number of rotatable bonds is 5. The number of hydrogen-bond donors (Lipinski definition) is 2. The smallest absolute Gasteiger partial charge is 0.313 e. The van der Waals surface area contributed by atoms with E-state index < -0.39 is 11.8 Å². The van der Waals surface area contributed by atoms with Crippen LogP contribution in [0.25, 0.3) is 0 Å². The first kappa shape index (κ1) is 18.5. The standard InChI is InChI=1S/C20H24N2O3/c1-5-25-18-11-10-13(2)12-16(18)15(4)21-19(23)20(24)22-17-9-7-6-8-14(17)3/h6-12,15H,5H2,1-4H3,(H,21,23)(H,22,24). The molecule has 2 aromatic carbocycles. The largest absolute Gasteiger partial charge is 0.494 e. The molecule has 0 aliphatic rings. The summed E-state index contributed by atoms with van der Waals surface area (Å²) in [6, 6.07) is 12.8. The van der Waals surface area contributed by atoms with Crippen LogP contribution in [0, 0.1) is 13.8 Å². The number of carbonyl (C=O) groups is 2. The van der Waals surface area contributed by atoms with Gasteiger partial charge in [0.15, 0.2) is 0 Å². The van der Waals surface area contributed by atoms with Gasteiger partial charge in [-0.15, -0.1) is 0 Å². The summed E-state index contributed by atoms with van der Waals surface area (Å²) in [5.74, 6) is -0.660. The molecule has 0 fully saturated rings. The van der Waals surface area contributed by atoms with E-state index in [-0.39, 0.29) is 6.04 Å². The molecule has 0 heterocycles. The molecule has 5 heteroatoms. The predicted molar refractivity (Wildman–Crippen MR) is 98.7 cm³/mol. The third-order valence-electron chi connectivity index (χ3n) is 3.88. The number of hydrogen-bond acceptors (Lipinski definition) is 3. The highest BCUT2D eigenvalue weighted by Crippen LogP contribution is 2.26. The van der Waals surface area contributed by atoms with E-state index >= 15 is 0 Å². The number of amides is 2. The molecule has 0 saturated heterocycles. The predicted octanol–water partition coefficient (Wildman–Crippen LogP) is 3.52. The molecule has 25 heavy (non-hydrogen) atoms. The minimum atomic E-state index is -0.688. The first-order valence-corrected chi connectivity index (χ1v) is 8.33. The second-order valence-electron chi connectivity index (χ2n) is 5.94. The number of carbonyl (C=O) groups excluding carboxylic acids is 2. The molecule has 0 aliphatic carbocycles. The Morgan fingerprint density at radius 3 is 2.48 bits per heavy atom. The molecule has 2 rings (SSSR count). The van der Waals surface area contributed by atoms with E-state index in [9.17, 15) is 9.59 Å². The van der Waals surface area contributed by atoms with Crippen LogP contribution >= 0.6 is 0 Å².